The number of fused-ring (bicyclic) bond motifs is 3. The number of hydrogen-bond acceptors (Lipinski definition) is 3. The van der Waals surface area contributed by atoms with Gasteiger partial charge in [0.2, 0.25) is 0 Å². The Morgan fingerprint density at radius 1 is 0.783 bits per heavy atom. The molecule has 0 aliphatic carbocycles. The van der Waals surface area contributed by atoms with Gasteiger partial charge < -0.3 is 9.30 Å². The van der Waals surface area contributed by atoms with E-state index in [1.165, 1.54) is 18.2 Å². The SMILES string of the molecule is Cc1ccnc(-n2c3[c-]c(Oc4[c-]c(-n5nc(C)c(-c6c(F)cccc6F)c5C)cc(C(C)C)c4)ccc3c3ccccc32)c1.[Pd+2]. The number of halogens is 2. The fourth-order valence-corrected chi connectivity index (χ4v) is 5.96. The van der Waals surface area contributed by atoms with Crippen molar-refractivity contribution in [2.24, 2.45) is 0 Å². The van der Waals surface area contributed by atoms with Gasteiger partial charge in [-0.05, 0) is 73.7 Å². The number of nitrogens with zero attached hydrogens (tertiary/aromatic N) is 4. The number of aryl methyl sites for hydroxylation is 2. The minimum absolute atomic E-state index is 0. The molecular weight excluding hydrogens is 673 g/mol. The average Bonchev–Trinajstić information content (AvgIpc) is 3.50. The summed E-state index contributed by atoms with van der Waals surface area (Å²) in [5.74, 6) is 0.710. The van der Waals surface area contributed by atoms with Crippen LogP contribution in [0.1, 0.15) is 42.3 Å². The molecule has 0 radical (unpaired) electrons. The largest absolute Gasteiger partial charge is 2.00 e. The number of aromatic nitrogens is 4. The summed E-state index contributed by atoms with van der Waals surface area (Å²) >= 11 is 0. The van der Waals surface area contributed by atoms with Gasteiger partial charge in [-0.25, -0.2) is 13.8 Å². The van der Waals surface area contributed by atoms with Crippen LogP contribution in [0.2, 0.25) is 0 Å². The fraction of sp³-hybridized carbons (Fsp3) is 0.158. The van der Waals surface area contributed by atoms with Crippen LogP contribution < -0.4 is 4.74 Å². The molecule has 0 aliphatic heterocycles. The van der Waals surface area contributed by atoms with E-state index in [4.69, 9.17) is 4.74 Å². The molecule has 3 heterocycles. The zero-order chi connectivity index (χ0) is 31.4. The number of pyridine rings is 1. The number of benzene rings is 4. The predicted molar refractivity (Wildman–Crippen MR) is 174 cm³/mol. The molecule has 0 atom stereocenters. The summed E-state index contributed by atoms with van der Waals surface area (Å²) in [6.07, 6.45) is 1.81. The summed E-state index contributed by atoms with van der Waals surface area (Å²) < 4.78 is 39.8. The van der Waals surface area contributed by atoms with Crippen molar-refractivity contribution in [3.05, 3.63) is 131 Å². The van der Waals surface area contributed by atoms with Crippen LogP contribution in [0.3, 0.4) is 0 Å². The van der Waals surface area contributed by atoms with Gasteiger partial charge in [-0.2, -0.15) is 11.2 Å². The van der Waals surface area contributed by atoms with Crippen LogP contribution in [0.25, 0.3) is 44.4 Å². The van der Waals surface area contributed by atoms with Crippen LogP contribution in [0.5, 0.6) is 11.5 Å². The Morgan fingerprint density at radius 2 is 1.54 bits per heavy atom. The van der Waals surface area contributed by atoms with E-state index in [9.17, 15) is 8.78 Å². The smallest absolute Gasteiger partial charge is 0.509 e. The molecule has 232 valence electrons. The molecular formula is C38H30F2N4OPd. The van der Waals surface area contributed by atoms with E-state index in [-0.39, 0.29) is 31.9 Å². The van der Waals surface area contributed by atoms with Crippen molar-refractivity contribution < 1.29 is 33.9 Å². The molecule has 8 heteroatoms. The number of para-hydroxylation sites is 1. The second-order valence-corrected chi connectivity index (χ2v) is 11.6. The van der Waals surface area contributed by atoms with Crippen molar-refractivity contribution in [2.45, 2.75) is 40.5 Å². The molecule has 0 unspecified atom stereocenters. The Morgan fingerprint density at radius 3 is 2.28 bits per heavy atom. The van der Waals surface area contributed by atoms with Crippen LogP contribution in [0, 0.1) is 44.5 Å². The van der Waals surface area contributed by atoms with Gasteiger partial charge in [-0.15, -0.1) is 41.3 Å². The third kappa shape index (κ3) is 5.42. The van der Waals surface area contributed by atoms with Crippen LogP contribution in [0.15, 0.2) is 85.1 Å². The minimum Gasteiger partial charge on any atom is -0.509 e. The minimum atomic E-state index is -0.631. The summed E-state index contributed by atoms with van der Waals surface area (Å²) in [5, 5.41) is 6.82. The normalized spacial score (nSPS) is 11.4. The summed E-state index contributed by atoms with van der Waals surface area (Å²) in [6, 6.07) is 30.8. The molecule has 0 N–H and O–H groups in total. The molecule has 3 aromatic heterocycles. The Bertz CT molecular complexity index is 2230. The first kappa shape index (κ1) is 31.3. The van der Waals surface area contributed by atoms with Gasteiger partial charge in [0.1, 0.15) is 17.5 Å². The standard InChI is InChI=1S/C38H30F2N4O.Pd/c1-22(2)26-18-27(44-25(5)37(24(4)42-44)38-32(39)10-8-11-33(38)40)20-29(19-26)45-28-13-14-31-30-9-6-7-12-34(30)43(35(31)21-28)36-17-23(3)15-16-41-36;/h6-19,22H,1-5H3;/q-2;+2. The molecule has 0 saturated heterocycles. The first-order chi connectivity index (χ1) is 21.7. The summed E-state index contributed by atoms with van der Waals surface area (Å²) in [5.41, 5.74) is 6.05. The molecule has 46 heavy (non-hydrogen) atoms. The van der Waals surface area contributed by atoms with Crippen molar-refractivity contribution in [2.75, 3.05) is 0 Å². The van der Waals surface area contributed by atoms with E-state index in [2.05, 4.69) is 58.8 Å². The van der Waals surface area contributed by atoms with Crippen LogP contribution >= 0.6 is 0 Å². The second-order valence-electron chi connectivity index (χ2n) is 11.6. The summed E-state index contributed by atoms with van der Waals surface area (Å²) in [4.78, 5) is 4.66. The van der Waals surface area contributed by atoms with Crippen LogP contribution in [-0.4, -0.2) is 19.3 Å². The Labute approximate surface area is 280 Å². The van der Waals surface area contributed by atoms with Gasteiger partial charge in [0.25, 0.3) is 0 Å². The molecule has 0 fully saturated rings. The van der Waals surface area contributed by atoms with E-state index < -0.39 is 11.6 Å². The third-order valence-corrected chi connectivity index (χ3v) is 8.16. The maximum absolute atomic E-state index is 14.8. The molecule has 0 bridgehead atoms. The maximum atomic E-state index is 14.8. The van der Waals surface area contributed by atoms with Gasteiger partial charge in [0, 0.05) is 34.5 Å². The summed E-state index contributed by atoms with van der Waals surface area (Å²) in [6.45, 7) is 9.79. The third-order valence-electron chi connectivity index (χ3n) is 8.16. The van der Waals surface area contributed by atoms with Crippen molar-refractivity contribution in [1.82, 2.24) is 19.3 Å². The van der Waals surface area contributed by atoms with Crippen molar-refractivity contribution >= 4 is 21.8 Å². The summed E-state index contributed by atoms with van der Waals surface area (Å²) in [7, 11) is 0. The van der Waals surface area contributed by atoms with Crippen LogP contribution in [0.4, 0.5) is 8.78 Å². The number of rotatable bonds is 6. The monoisotopic (exact) mass is 702 g/mol. The first-order valence-electron chi connectivity index (χ1n) is 14.8. The molecule has 0 amide bonds. The molecule has 0 aliphatic rings. The molecule has 4 aromatic carbocycles. The molecule has 0 spiro atoms. The van der Waals surface area contributed by atoms with Gasteiger partial charge in [0.15, 0.2) is 0 Å². The quantitative estimate of drug-likeness (QED) is 0.128. The zero-order valence-corrected chi connectivity index (χ0v) is 27.5. The van der Waals surface area contributed by atoms with E-state index in [0.29, 0.717) is 34.1 Å². The van der Waals surface area contributed by atoms with E-state index in [1.807, 2.05) is 55.6 Å². The van der Waals surface area contributed by atoms with Crippen molar-refractivity contribution in [3.8, 4) is 34.1 Å². The zero-order valence-electron chi connectivity index (χ0n) is 25.9. The van der Waals surface area contributed by atoms with E-state index in [0.717, 1.165) is 38.8 Å². The average molecular weight is 703 g/mol. The maximum Gasteiger partial charge on any atom is 2.00 e. The second kappa shape index (κ2) is 12.3. The molecule has 0 saturated carbocycles. The number of hydrogen-bond donors (Lipinski definition) is 0. The Hall–Kier alpha value is -4.64. The Kier molecular flexibility index (Phi) is 8.37. The number of ether oxygens (including phenoxy) is 1. The van der Waals surface area contributed by atoms with Crippen molar-refractivity contribution in [1.29, 1.82) is 0 Å². The van der Waals surface area contributed by atoms with Gasteiger partial charge >= 0.3 is 20.4 Å². The van der Waals surface area contributed by atoms with Gasteiger partial charge in [-0.3, -0.25) is 4.68 Å². The molecule has 7 aromatic rings. The predicted octanol–water partition coefficient (Wildman–Crippen LogP) is 9.75. The fourth-order valence-electron chi connectivity index (χ4n) is 5.96. The van der Waals surface area contributed by atoms with E-state index in [1.54, 1.807) is 18.5 Å². The van der Waals surface area contributed by atoms with Crippen LogP contribution in [-0.2, 0) is 20.4 Å². The molecule has 5 nitrogen and oxygen atoms in total. The van der Waals surface area contributed by atoms with Gasteiger partial charge in [0.05, 0.1) is 11.3 Å². The Balaban J connectivity index is 0.00000372. The molecule has 7 rings (SSSR count). The topological polar surface area (TPSA) is 44.9 Å². The van der Waals surface area contributed by atoms with E-state index >= 15 is 0 Å². The van der Waals surface area contributed by atoms with Gasteiger partial charge in [-0.1, -0.05) is 43.6 Å². The van der Waals surface area contributed by atoms with Crippen molar-refractivity contribution in [3.63, 3.8) is 0 Å². The first-order valence-corrected chi connectivity index (χ1v) is 14.8.